The van der Waals surface area contributed by atoms with E-state index in [1.165, 1.54) is 18.3 Å². The quantitative estimate of drug-likeness (QED) is 0.242. The number of hydrogen-bond acceptors (Lipinski definition) is 7. The highest BCUT2D eigenvalue weighted by molar-refractivity contribution is 5.49. The van der Waals surface area contributed by atoms with Gasteiger partial charge in [-0.3, -0.25) is 4.57 Å². The molecule has 0 spiro atoms. The van der Waals surface area contributed by atoms with Gasteiger partial charge in [0.05, 0.1) is 6.54 Å². The second kappa shape index (κ2) is 11.0. The Bertz CT molecular complexity index is 1250. The SMILES string of the molecule is CCC(c1ccc(OC(F)(F)F)cc1)C1CCN(c2ccc(OCC3Cn4cc([N+](=O)[O-])nc4O3)cc2)CC1. The van der Waals surface area contributed by atoms with E-state index < -0.39 is 11.3 Å². The van der Waals surface area contributed by atoms with Gasteiger partial charge < -0.3 is 29.2 Å². The van der Waals surface area contributed by atoms with Crippen molar-refractivity contribution in [3.63, 3.8) is 0 Å². The number of anilines is 1. The molecular formula is C27H29F3N4O5. The average Bonchev–Trinajstić information content (AvgIpc) is 3.48. The Hall–Kier alpha value is -3.96. The lowest BCUT2D eigenvalue weighted by Crippen LogP contribution is -2.35. The minimum absolute atomic E-state index is 0.197. The first kappa shape index (κ1) is 26.6. The number of nitro groups is 1. The molecule has 2 atom stereocenters. The number of ether oxygens (including phenoxy) is 3. The first-order valence-electron chi connectivity index (χ1n) is 12.9. The summed E-state index contributed by atoms with van der Waals surface area (Å²) in [6.45, 7) is 4.63. The summed E-state index contributed by atoms with van der Waals surface area (Å²) < 4.78 is 54.5. The van der Waals surface area contributed by atoms with Crippen LogP contribution in [0.3, 0.4) is 0 Å². The molecule has 1 aromatic heterocycles. The number of fused-ring (bicyclic) bond motifs is 1. The molecule has 9 nitrogen and oxygen atoms in total. The van der Waals surface area contributed by atoms with Gasteiger partial charge in [-0.15, -0.1) is 13.2 Å². The molecule has 12 heteroatoms. The van der Waals surface area contributed by atoms with Crippen molar-refractivity contribution in [2.24, 2.45) is 5.92 Å². The number of hydrogen-bond donors (Lipinski definition) is 0. The topological polar surface area (TPSA) is 91.9 Å². The third-order valence-electron chi connectivity index (χ3n) is 7.31. The van der Waals surface area contributed by atoms with E-state index in [-0.39, 0.29) is 29.6 Å². The van der Waals surface area contributed by atoms with Crippen molar-refractivity contribution >= 4 is 11.5 Å². The second-order valence-electron chi connectivity index (χ2n) is 9.79. The maximum absolute atomic E-state index is 12.5. The van der Waals surface area contributed by atoms with Crippen LogP contribution in [0.4, 0.5) is 24.7 Å². The van der Waals surface area contributed by atoms with Gasteiger partial charge >= 0.3 is 18.2 Å². The minimum atomic E-state index is -4.69. The van der Waals surface area contributed by atoms with Crippen molar-refractivity contribution in [2.75, 3.05) is 24.6 Å². The molecule has 0 amide bonds. The van der Waals surface area contributed by atoms with Crippen molar-refractivity contribution in [1.29, 1.82) is 0 Å². The number of halogens is 3. The molecule has 208 valence electrons. The van der Waals surface area contributed by atoms with E-state index in [9.17, 15) is 23.3 Å². The van der Waals surface area contributed by atoms with Gasteiger partial charge in [0.2, 0.25) is 0 Å². The predicted octanol–water partition coefficient (Wildman–Crippen LogP) is 5.94. The van der Waals surface area contributed by atoms with E-state index in [1.54, 1.807) is 16.7 Å². The summed E-state index contributed by atoms with van der Waals surface area (Å²) in [5.74, 6) is 1.01. The van der Waals surface area contributed by atoms with E-state index in [1.807, 2.05) is 24.3 Å². The standard InChI is InChI=1S/C27H29F3N4O5/c1-2-24(18-3-7-22(8-4-18)39-27(28,29)30)19-11-13-32(14-12-19)20-5-9-21(10-6-20)37-17-23-15-33-16-25(34(35)36)31-26(33)38-23/h3-10,16,19,23-24H,2,11-15,17H2,1H3. The van der Waals surface area contributed by atoms with Crippen LogP contribution in [-0.4, -0.2) is 46.6 Å². The zero-order valence-corrected chi connectivity index (χ0v) is 21.3. The molecule has 0 saturated carbocycles. The summed E-state index contributed by atoms with van der Waals surface area (Å²) in [6.07, 6.45) is -0.705. The van der Waals surface area contributed by atoms with Crippen LogP contribution in [0, 0.1) is 16.0 Å². The lowest BCUT2D eigenvalue weighted by atomic mass is 9.78. The second-order valence-corrected chi connectivity index (χ2v) is 9.79. The van der Waals surface area contributed by atoms with E-state index in [4.69, 9.17) is 9.47 Å². The summed E-state index contributed by atoms with van der Waals surface area (Å²) >= 11 is 0. The molecule has 2 aliphatic heterocycles. The highest BCUT2D eigenvalue weighted by Gasteiger charge is 2.33. The van der Waals surface area contributed by atoms with Crippen LogP contribution >= 0.6 is 0 Å². The summed E-state index contributed by atoms with van der Waals surface area (Å²) in [6, 6.07) is 14.4. The van der Waals surface area contributed by atoms with E-state index in [0.29, 0.717) is 24.8 Å². The molecule has 2 aromatic carbocycles. The van der Waals surface area contributed by atoms with Gasteiger partial charge in [-0.05, 0) is 78.0 Å². The molecular weight excluding hydrogens is 517 g/mol. The fraction of sp³-hybridized carbons (Fsp3) is 0.444. The summed E-state index contributed by atoms with van der Waals surface area (Å²) in [4.78, 5) is 16.5. The number of aromatic nitrogens is 2. The molecule has 0 radical (unpaired) electrons. The largest absolute Gasteiger partial charge is 0.573 e. The Morgan fingerprint density at radius 1 is 1.10 bits per heavy atom. The highest BCUT2D eigenvalue weighted by atomic mass is 19.4. The zero-order valence-electron chi connectivity index (χ0n) is 21.3. The number of piperidine rings is 1. The highest BCUT2D eigenvalue weighted by Crippen LogP contribution is 2.37. The molecule has 5 rings (SSSR count). The number of benzene rings is 2. The van der Waals surface area contributed by atoms with Crippen molar-refractivity contribution in [3.8, 4) is 17.5 Å². The Kier molecular flexibility index (Phi) is 7.53. The van der Waals surface area contributed by atoms with Gasteiger partial charge in [-0.25, -0.2) is 0 Å². The smallest absolute Gasteiger partial charge is 0.490 e. The molecule has 1 saturated heterocycles. The van der Waals surface area contributed by atoms with Gasteiger partial charge in [0, 0.05) is 23.8 Å². The van der Waals surface area contributed by atoms with Crippen molar-refractivity contribution < 1.29 is 32.3 Å². The third kappa shape index (κ3) is 6.37. The Morgan fingerprint density at radius 3 is 2.36 bits per heavy atom. The van der Waals surface area contributed by atoms with Gasteiger partial charge in [0.1, 0.15) is 24.3 Å². The first-order valence-corrected chi connectivity index (χ1v) is 12.9. The number of nitrogens with zero attached hydrogens (tertiary/aromatic N) is 4. The van der Waals surface area contributed by atoms with Crippen LogP contribution in [-0.2, 0) is 6.54 Å². The summed E-state index contributed by atoms with van der Waals surface area (Å²) in [5.41, 5.74) is 2.15. The van der Waals surface area contributed by atoms with E-state index in [0.717, 1.165) is 43.6 Å². The van der Waals surface area contributed by atoms with Crippen LogP contribution in [0.25, 0.3) is 0 Å². The van der Waals surface area contributed by atoms with Crippen molar-refractivity contribution in [1.82, 2.24) is 9.55 Å². The van der Waals surface area contributed by atoms with Crippen LogP contribution in [0.5, 0.6) is 17.5 Å². The zero-order chi connectivity index (χ0) is 27.6. The Morgan fingerprint density at radius 2 is 1.77 bits per heavy atom. The fourth-order valence-electron chi connectivity index (χ4n) is 5.45. The fourth-order valence-corrected chi connectivity index (χ4v) is 5.45. The van der Waals surface area contributed by atoms with Crippen molar-refractivity contribution in [2.45, 2.75) is 51.1 Å². The maximum atomic E-state index is 12.5. The number of alkyl halides is 3. The Labute approximate surface area is 223 Å². The maximum Gasteiger partial charge on any atom is 0.573 e. The lowest BCUT2D eigenvalue weighted by Gasteiger charge is -2.37. The lowest BCUT2D eigenvalue weighted by molar-refractivity contribution is -0.389. The molecule has 1 fully saturated rings. The van der Waals surface area contributed by atoms with Gasteiger partial charge in [0.15, 0.2) is 6.10 Å². The number of rotatable bonds is 9. The van der Waals surface area contributed by atoms with Crippen LogP contribution in [0.2, 0.25) is 0 Å². The summed E-state index contributed by atoms with van der Waals surface area (Å²) in [5, 5.41) is 10.8. The van der Waals surface area contributed by atoms with Crippen LogP contribution in [0.1, 0.15) is 37.7 Å². The summed E-state index contributed by atoms with van der Waals surface area (Å²) in [7, 11) is 0. The molecule has 3 heterocycles. The molecule has 39 heavy (non-hydrogen) atoms. The first-order chi connectivity index (χ1) is 18.7. The molecule has 3 aromatic rings. The normalized spacial score (nSPS) is 18.4. The number of imidazole rings is 1. The molecule has 0 N–H and O–H groups in total. The molecule has 2 unspecified atom stereocenters. The average molecular weight is 547 g/mol. The van der Waals surface area contributed by atoms with E-state index >= 15 is 0 Å². The predicted molar refractivity (Wildman–Crippen MR) is 136 cm³/mol. The van der Waals surface area contributed by atoms with Crippen LogP contribution < -0.4 is 19.1 Å². The van der Waals surface area contributed by atoms with Gasteiger partial charge in [-0.2, -0.15) is 0 Å². The molecule has 0 bridgehead atoms. The van der Waals surface area contributed by atoms with Crippen molar-refractivity contribution in [3.05, 3.63) is 70.4 Å². The monoisotopic (exact) mass is 546 g/mol. The Balaban J connectivity index is 1.09. The van der Waals surface area contributed by atoms with Crippen LogP contribution in [0.15, 0.2) is 54.7 Å². The van der Waals surface area contributed by atoms with E-state index in [2.05, 4.69) is 21.5 Å². The molecule has 0 aliphatic carbocycles. The van der Waals surface area contributed by atoms with Gasteiger partial charge in [0.25, 0.3) is 0 Å². The minimum Gasteiger partial charge on any atom is -0.490 e. The molecule has 2 aliphatic rings. The van der Waals surface area contributed by atoms with Gasteiger partial charge in [-0.1, -0.05) is 19.1 Å². The third-order valence-corrected chi connectivity index (χ3v) is 7.31.